The van der Waals surface area contributed by atoms with E-state index >= 15 is 0 Å². The number of methoxy groups -OCH3 is 2. The van der Waals surface area contributed by atoms with Crippen LogP contribution < -0.4 is 41.9 Å². The molecule has 0 bridgehead atoms. The lowest BCUT2D eigenvalue weighted by atomic mass is 10.0. The molecule has 42 heavy (non-hydrogen) atoms. The monoisotopic (exact) mass is 572 g/mol. The highest BCUT2D eigenvalue weighted by Crippen LogP contribution is 2.28. The first-order chi connectivity index (χ1) is 20.1. The van der Waals surface area contributed by atoms with Crippen LogP contribution in [0.3, 0.4) is 0 Å². The highest BCUT2D eigenvalue weighted by Gasteiger charge is 2.15. The Labute approximate surface area is 245 Å². The smallest absolute Gasteiger partial charge is 0.193 e. The van der Waals surface area contributed by atoms with E-state index in [9.17, 15) is 9.59 Å². The molecular weight excluding hydrogens is 536 g/mol. The van der Waals surface area contributed by atoms with E-state index in [-0.39, 0.29) is 11.6 Å². The van der Waals surface area contributed by atoms with E-state index in [2.05, 4.69) is 0 Å². The Morgan fingerprint density at radius 1 is 0.500 bits per heavy atom. The largest absolute Gasteiger partial charge is 0.495 e. The molecule has 4 aromatic rings. The van der Waals surface area contributed by atoms with E-state index in [4.69, 9.17) is 41.9 Å². The van der Waals surface area contributed by atoms with Gasteiger partial charge in [-0.15, -0.1) is 0 Å². The molecule has 0 aliphatic carbocycles. The molecule has 0 unspecified atom stereocenters. The zero-order chi connectivity index (χ0) is 30.8. The van der Waals surface area contributed by atoms with Crippen molar-refractivity contribution in [3.05, 3.63) is 95.1 Å². The average molecular weight is 573 g/mol. The molecule has 8 N–H and O–H groups in total. The van der Waals surface area contributed by atoms with Gasteiger partial charge in [-0.05, 0) is 86.6 Å². The number of rotatable bonds is 10. The number of carbonyl (C=O) groups excluding carboxylic acids is 2. The van der Waals surface area contributed by atoms with Crippen molar-refractivity contribution in [3.63, 3.8) is 0 Å². The molecule has 0 saturated heterocycles. The van der Waals surface area contributed by atoms with Crippen molar-refractivity contribution in [1.82, 2.24) is 0 Å². The maximum Gasteiger partial charge on any atom is 0.193 e. The van der Waals surface area contributed by atoms with Crippen LogP contribution in [0.25, 0.3) is 0 Å². The Morgan fingerprint density at radius 2 is 0.762 bits per heavy atom. The van der Waals surface area contributed by atoms with Gasteiger partial charge in [-0.2, -0.15) is 0 Å². The van der Waals surface area contributed by atoms with E-state index in [1.165, 1.54) is 14.2 Å². The van der Waals surface area contributed by atoms with Crippen molar-refractivity contribution in [2.75, 3.05) is 50.4 Å². The summed E-state index contributed by atoms with van der Waals surface area (Å²) < 4.78 is 21.1. The number of nitrogen functional groups attached to an aromatic ring is 4. The van der Waals surface area contributed by atoms with Crippen LogP contribution in [0.1, 0.15) is 45.7 Å². The quantitative estimate of drug-likeness (QED) is 0.150. The molecule has 4 rings (SSSR count). The Kier molecular flexibility index (Phi) is 10.6. The predicted octanol–water partition coefficient (Wildman–Crippen LogP) is 4.98. The van der Waals surface area contributed by atoms with Gasteiger partial charge in [0.05, 0.1) is 50.2 Å². The predicted molar refractivity (Wildman–Crippen MR) is 166 cm³/mol. The van der Waals surface area contributed by atoms with E-state index < -0.39 is 0 Å². The van der Waals surface area contributed by atoms with E-state index in [0.717, 1.165) is 0 Å². The van der Waals surface area contributed by atoms with E-state index in [0.29, 0.717) is 81.2 Å². The minimum absolute atomic E-state index is 0.137. The molecule has 0 radical (unpaired) electrons. The van der Waals surface area contributed by atoms with Gasteiger partial charge >= 0.3 is 0 Å². The zero-order valence-corrected chi connectivity index (χ0v) is 24.1. The van der Waals surface area contributed by atoms with Crippen LogP contribution in [0.2, 0.25) is 0 Å². The van der Waals surface area contributed by atoms with Gasteiger partial charge < -0.3 is 41.9 Å². The number of nitrogens with two attached hydrogens (primary N) is 4. The first kappa shape index (κ1) is 31.2. The summed E-state index contributed by atoms with van der Waals surface area (Å²) in [6, 6.07) is 19.8. The van der Waals surface area contributed by atoms with Crippen LogP contribution in [0.5, 0.6) is 23.0 Å². The second-order valence-corrected chi connectivity index (χ2v) is 8.94. The van der Waals surface area contributed by atoms with Crippen molar-refractivity contribution in [3.8, 4) is 23.0 Å². The van der Waals surface area contributed by atoms with Gasteiger partial charge in [0.1, 0.15) is 23.0 Å². The molecule has 0 heterocycles. The number of ketones is 2. The summed E-state index contributed by atoms with van der Waals surface area (Å²) in [6.07, 6.45) is 0. The number of hydrogen-bond donors (Lipinski definition) is 4. The fourth-order valence-corrected chi connectivity index (χ4v) is 3.95. The third-order valence-corrected chi connectivity index (χ3v) is 6.14. The number of ether oxygens (including phenoxy) is 4. The number of carbonyl (C=O) groups is 2. The van der Waals surface area contributed by atoms with Crippen LogP contribution >= 0.6 is 0 Å². The summed E-state index contributed by atoms with van der Waals surface area (Å²) in [5.41, 5.74) is 27.1. The molecule has 4 aromatic carbocycles. The van der Waals surface area contributed by atoms with Crippen molar-refractivity contribution in [2.24, 2.45) is 0 Å². The molecule has 10 nitrogen and oxygen atoms in total. The summed E-state index contributed by atoms with van der Waals surface area (Å²) in [6.45, 7) is 4.70. The first-order valence-corrected chi connectivity index (χ1v) is 13.1. The molecule has 0 aliphatic heterocycles. The number of anilines is 4. The third-order valence-electron chi connectivity index (χ3n) is 6.14. The summed E-state index contributed by atoms with van der Waals surface area (Å²) in [5.74, 6) is 1.67. The van der Waals surface area contributed by atoms with Crippen molar-refractivity contribution >= 4 is 34.3 Å². The van der Waals surface area contributed by atoms with Gasteiger partial charge in [0.25, 0.3) is 0 Å². The first-order valence-electron chi connectivity index (χ1n) is 13.1. The fraction of sp³-hybridized carbons (Fsp3) is 0.188. The van der Waals surface area contributed by atoms with E-state index in [1.807, 2.05) is 13.8 Å². The molecule has 220 valence electrons. The lowest BCUT2D eigenvalue weighted by Gasteiger charge is -2.11. The van der Waals surface area contributed by atoms with Crippen LogP contribution in [-0.2, 0) is 0 Å². The standard InChI is InChI=1S/C17H20N2O3.C15H16N2O3/c1-3-21-15-9-11(5-7-13(15)18)17(20)12-6-8-14(19)16(10-12)22-4-2;1-19-13-7-9(3-5-11(13)16)15(18)10-4-6-12(17)14(8-10)20-2/h5-10H,3-4,18-19H2,1-2H3;3-8H,16-17H2,1-2H3. The summed E-state index contributed by atoms with van der Waals surface area (Å²) >= 11 is 0. The van der Waals surface area contributed by atoms with Crippen molar-refractivity contribution in [1.29, 1.82) is 0 Å². The maximum absolute atomic E-state index is 12.6. The van der Waals surface area contributed by atoms with Gasteiger partial charge in [-0.25, -0.2) is 0 Å². The third kappa shape index (κ3) is 7.42. The molecule has 0 atom stereocenters. The molecule has 0 saturated carbocycles. The zero-order valence-electron chi connectivity index (χ0n) is 24.1. The van der Waals surface area contributed by atoms with E-state index in [1.54, 1.807) is 72.8 Å². The topological polar surface area (TPSA) is 175 Å². The summed E-state index contributed by atoms with van der Waals surface area (Å²) in [4.78, 5) is 25.0. The van der Waals surface area contributed by atoms with Crippen molar-refractivity contribution in [2.45, 2.75) is 13.8 Å². The Bertz CT molecular complexity index is 1460. The molecule has 0 amide bonds. The van der Waals surface area contributed by atoms with Crippen LogP contribution in [0, 0.1) is 0 Å². The minimum Gasteiger partial charge on any atom is -0.495 e. The normalized spacial score (nSPS) is 10.2. The Balaban J connectivity index is 0.000000231. The van der Waals surface area contributed by atoms with Crippen molar-refractivity contribution < 1.29 is 28.5 Å². The number of benzene rings is 4. The maximum atomic E-state index is 12.6. The average Bonchev–Trinajstić information content (AvgIpc) is 2.99. The highest BCUT2D eigenvalue weighted by molar-refractivity contribution is 6.10. The Morgan fingerprint density at radius 3 is 1.02 bits per heavy atom. The Hall–Kier alpha value is -5.38. The van der Waals surface area contributed by atoms with Gasteiger partial charge in [0.2, 0.25) is 0 Å². The van der Waals surface area contributed by atoms with Crippen LogP contribution in [0.15, 0.2) is 72.8 Å². The van der Waals surface area contributed by atoms with Gasteiger partial charge in [-0.3, -0.25) is 9.59 Å². The molecular formula is C32H36N4O6. The molecule has 0 aliphatic rings. The van der Waals surface area contributed by atoms with Crippen LogP contribution in [-0.4, -0.2) is 39.0 Å². The molecule has 0 aromatic heterocycles. The minimum atomic E-state index is -0.151. The molecule has 0 spiro atoms. The van der Waals surface area contributed by atoms with Gasteiger partial charge in [0.15, 0.2) is 11.6 Å². The molecule has 10 heteroatoms. The summed E-state index contributed by atoms with van der Waals surface area (Å²) in [5, 5.41) is 0. The van der Waals surface area contributed by atoms with Gasteiger partial charge in [0, 0.05) is 22.3 Å². The fourth-order valence-electron chi connectivity index (χ4n) is 3.95. The van der Waals surface area contributed by atoms with Crippen LogP contribution in [0.4, 0.5) is 22.7 Å². The SMILES string of the molecule is CCOc1cc(C(=O)c2ccc(N)c(OCC)c2)ccc1N.COc1cc(C(=O)c2ccc(N)c(OC)c2)ccc1N. The summed E-state index contributed by atoms with van der Waals surface area (Å²) in [7, 11) is 3.01. The lowest BCUT2D eigenvalue weighted by molar-refractivity contribution is 0.103. The second kappa shape index (κ2) is 14.3. The number of hydrogen-bond acceptors (Lipinski definition) is 10. The highest BCUT2D eigenvalue weighted by atomic mass is 16.5. The second-order valence-electron chi connectivity index (χ2n) is 8.94. The molecule has 0 fully saturated rings. The lowest BCUT2D eigenvalue weighted by Crippen LogP contribution is -2.05. The van der Waals surface area contributed by atoms with Gasteiger partial charge in [-0.1, -0.05) is 0 Å².